The summed E-state index contributed by atoms with van der Waals surface area (Å²) in [5.41, 5.74) is 0. The van der Waals surface area contributed by atoms with E-state index in [-0.39, 0.29) is 13.2 Å². The van der Waals surface area contributed by atoms with E-state index in [9.17, 15) is 4.21 Å². The number of hydrogen-bond donors (Lipinski definition) is 1. The Labute approximate surface area is 49.3 Å². The van der Waals surface area contributed by atoms with E-state index >= 15 is 0 Å². The molecule has 1 saturated heterocycles. The van der Waals surface area contributed by atoms with Crippen LogP contribution in [0, 0.1) is 0 Å². The molecule has 1 aliphatic heterocycles. The third-order valence-electron chi connectivity index (χ3n) is 0.768. The zero-order chi connectivity index (χ0) is 5.98. The molecule has 1 aliphatic rings. The lowest BCUT2D eigenvalue weighted by Gasteiger charge is -1.95. The molecule has 2 atom stereocenters. The summed E-state index contributed by atoms with van der Waals surface area (Å²) in [7, 11) is 0. The zero-order valence-electron chi connectivity index (χ0n) is 4.07. The van der Waals surface area contributed by atoms with Gasteiger partial charge < -0.3 is 5.11 Å². The van der Waals surface area contributed by atoms with E-state index in [4.69, 9.17) is 5.11 Å². The van der Waals surface area contributed by atoms with Crippen molar-refractivity contribution in [2.75, 3.05) is 13.2 Å². The highest BCUT2D eigenvalue weighted by Crippen LogP contribution is 2.06. The first kappa shape index (κ1) is 6.15. The minimum Gasteiger partial charge on any atom is -0.394 e. The molecule has 48 valence electrons. The highest BCUT2D eigenvalue weighted by molar-refractivity contribution is 7.75. The molecule has 0 radical (unpaired) electrons. The van der Waals surface area contributed by atoms with Crippen molar-refractivity contribution in [3.8, 4) is 0 Å². The van der Waals surface area contributed by atoms with Gasteiger partial charge in [-0.3, -0.25) is 8.37 Å². The van der Waals surface area contributed by atoms with E-state index in [1.165, 1.54) is 0 Å². The summed E-state index contributed by atoms with van der Waals surface area (Å²) in [4.78, 5) is 0. The Balaban J connectivity index is 2.32. The van der Waals surface area contributed by atoms with Crippen LogP contribution in [0.1, 0.15) is 0 Å². The Bertz CT molecular complexity index is 103. The van der Waals surface area contributed by atoms with Crippen molar-refractivity contribution in [3.05, 3.63) is 0 Å². The monoisotopic (exact) mass is 138 g/mol. The quantitative estimate of drug-likeness (QED) is 0.503. The Morgan fingerprint density at radius 1 is 1.88 bits per heavy atom. The highest BCUT2D eigenvalue weighted by atomic mass is 32.2. The van der Waals surface area contributed by atoms with Crippen LogP contribution >= 0.6 is 0 Å². The van der Waals surface area contributed by atoms with Crippen molar-refractivity contribution in [1.29, 1.82) is 0 Å². The standard InChI is InChI=1S/C3H6O4S/c4-1-3-2-6-8(5)7-3/h3-4H,1-2H2/t3-,8-/m0/s1. The average Bonchev–Trinajstić information content (AvgIpc) is 2.14. The van der Waals surface area contributed by atoms with E-state index < -0.39 is 17.5 Å². The lowest BCUT2D eigenvalue weighted by molar-refractivity contribution is 0.137. The van der Waals surface area contributed by atoms with Crippen LogP contribution in [0.3, 0.4) is 0 Å². The summed E-state index contributed by atoms with van der Waals surface area (Å²) in [5, 5.41) is 8.34. The van der Waals surface area contributed by atoms with Gasteiger partial charge in [0.05, 0.1) is 13.2 Å². The molecule has 0 aromatic heterocycles. The topological polar surface area (TPSA) is 55.8 Å². The summed E-state index contributed by atoms with van der Waals surface area (Å²) in [6.45, 7) is 0.0921. The van der Waals surface area contributed by atoms with Crippen molar-refractivity contribution < 1.29 is 17.7 Å². The van der Waals surface area contributed by atoms with Crippen LogP contribution < -0.4 is 0 Å². The molecule has 8 heavy (non-hydrogen) atoms. The fourth-order valence-electron chi connectivity index (χ4n) is 0.381. The Morgan fingerprint density at radius 3 is 2.88 bits per heavy atom. The van der Waals surface area contributed by atoms with E-state index in [2.05, 4.69) is 8.37 Å². The fraction of sp³-hybridized carbons (Fsp3) is 1.00. The minimum atomic E-state index is -1.61. The second-order valence-electron chi connectivity index (χ2n) is 1.39. The number of aliphatic hydroxyl groups excluding tert-OH is 1. The van der Waals surface area contributed by atoms with E-state index in [0.717, 1.165) is 0 Å². The SMILES string of the molecule is O=[S@]1OC[C@H](CO)O1. The number of rotatable bonds is 1. The van der Waals surface area contributed by atoms with E-state index in [0.29, 0.717) is 0 Å². The molecule has 4 nitrogen and oxygen atoms in total. The van der Waals surface area contributed by atoms with Gasteiger partial charge in [0.15, 0.2) is 0 Å². The van der Waals surface area contributed by atoms with Gasteiger partial charge in [-0.1, -0.05) is 0 Å². The van der Waals surface area contributed by atoms with Crippen LogP contribution in [-0.2, 0) is 19.7 Å². The van der Waals surface area contributed by atoms with Gasteiger partial charge in [-0.15, -0.1) is 0 Å². The van der Waals surface area contributed by atoms with Gasteiger partial charge >= 0.3 is 11.4 Å². The summed E-state index contributed by atoms with van der Waals surface area (Å²) in [5.74, 6) is 0. The van der Waals surface area contributed by atoms with Crippen LogP contribution in [0.5, 0.6) is 0 Å². The van der Waals surface area contributed by atoms with Gasteiger partial charge in [0.25, 0.3) is 0 Å². The molecule has 0 aromatic carbocycles. The maximum atomic E-state index is 10.2. The van der Waals surface area contributed by atoms with Gasteiger partial charge in [0.1, 0.15) is 6.10 Å². The molecular formula is C3H6O4S. The molecule has 0 saturated carbocycles. The summed E-state index contributed by atoms with van der Waals surface area (Å²) in [6.07, 6.45) is -0.393. The Kier molecular flexibility index (Phi) is 1.95. The molecule has 1 fully saturated rings. The third kappa shape index (κ3) is 1.25. The second kappa shape index (κ2) is 2.54. The molecule has 0 unspecified atom stereocenters. The maximum Gasteiger partial charge on any atom is 0.305 e. The van der Waals surface area contributed by atoms with Gasteiger partial charge in [-0.05, 0) is 0 Å². The van der Waals surface area contributed by atoms with Crippen LogP contribution in [0.15, 0.2) is 0 Å². The molecule has 1 heterocycles. The minimum absolute atomic E-state index is 0.133. The summed E-state index contributed by atoms with van der Waals surface area (Å²) >= 11 is -1.61. The first-order valence-electron chi connectivity index (χ1n) is 2.16. The van der Waals surface area contributed by atoms with Crippen molar-refractivity contribution in [3.63, 3.8) is 0 Å². The predicted molar refractivity (Wildman–Crippen MR) is 26.1 cm³/mol. The van der Waals surface area contributed by atoms with Crippen molar-refractivity contribution in [1.82, 2.24) is 0 Å². The van der Waals surface area contributed by atoms with E-state index in [1.807, 2.05) is 0 Å². The molecule has 1 N–H and O–H groups in total. The molecule has 0 amide bonds. The first-order chi connectivity index (χ1) is 3.83. The number of aliphatic hydroxyl groups is 1. The van der Waals surface area contributed by atoms with E-state index in [1.54, 1.807) is 0 Å². The maximum absolute atomic E-state index is 10.2. The van der Waals surface area contributed by atoms with Gasteiger partial charge in [0.2, 0.25) is 0 Å². The third-order valence-corrected chi connectivity index (χ3v) is 1.53. The van der Waals surface area contributed by atoms with Gasteiger partial charge in [-0.2, -0.15) is 4.21 Å². The van der Waals surface area contributed by atoms with Crippen LogP contribution in [0.4, 0.5) is 0 Å². The van der Waals surface area contributed by atoms with Crippen molar-refractivity contribution in [2.24, 2.45) is 0 Å². The van der Waals surface area contributed by atoms with Crippen molar-refractivity contribution >= 4 is 11.4 Å². The smallest absolute Gasteiger partial charge is 0.305 e. The van der Waals surface area contributed by atoms with Crippen LogP contribution in [0.2, 0.25) is 0 Å². The Hall–Kier alpha value is 0.0300. The van der Waals surface area contributed by atoms with Crippen molar-refractivity contribution in [2.45, 2.75) is 6.10 Å². The summed E-state index contributed by atoms with van der Waals surface area (Å²) in [6, 6.07) is 0. The first-order valence-corrected chi connectivity index (χ1v) is 3.16. The van der Waals surface area contributed by atoms with Crippen LogP contribution in [-0.4, -0.2) is 28.6 Å². The predicted octanol–water partition coefficient (Wildman–Crippen LogP) is -1.03. The normalized spacial score (nSPS) is 38.1. The van der Waals surface area contributed by atoms with Crippen LogP contribution in [0.25, 0.3) is 0 Å². The molecule has 1 rings (SSSR count). The zero-order valence-corrected chi connectivity index (χ0v) is 4.89. The number of hydrogen-bond acceptors (Lipinski definition) is 4. The van der Waals surface area contributed by atoms with Gasteiger partial charge in [0, 0.05) is 0 Å². The fourth-order valence-corrected chi connectivity index (χ4v) is 1.04. The molecule has 0 bridgehead atoms. The molecule has 0 aromatic rings. The lowest BCUT2D eigenvalue weighted by atomic mass is 10.4. The molecule has 0 aliphatic carbocycles. The second-order valence-corrected chi connectivity index (χ2v) is 2.23. The molecular weight excluding hydrogens is 132 g/mol. The Morgan fingerprint density at radius 2 is 2.62 bits per heavy atom. The molecule has 0 spiro atoms. The average molecular weight is 138 g/mol. The molecule has 5 heteroatoms. The van der Waals surface area contributed by atoms with Gasteiger partial charge in [-0.25, -0.2) is 0 Å². The highest BCUT2D eigenvalue weighted by Gasteiger charge is 2.21. The summed E-state index contributed by atoms with van der Waals surface area (Å²) < 4.78 is 19.1. The lowest BCUT2D eigenvalue weighted by Crippen LogP contribution is -2.13. The largest absolute Gasteiger partial charge is 0.394 e.